The molecule has 2 unspecified atom stereocenters. The number of nitrogens with two attached hydrogens (primary N) is 1. The number of hydrogen-bond acceptors (Lipinski definition) is 2. The fourth-order valence-corrected chi connectivity index (χ4v) is 6.16. The summed E-state index contributed by atoms with van der Waals surface area (Å²) in [6, 6.07) is 16.8. The van der Waals surface area contributed by atoms with Crippen LogP contribution in [0.5, 0.6) is 0 Å². The largest absolute Gasteiger partial charge is 0.326 e. The number of carbonyl (C=O) groups is 1. The maximum atomic E-state index is 12.4. The van der Waals surface area contributed by atoms with Crippen molar-refractivity contribution in [3.63, 3.8) is 0 Å². The number of rotatable bonds is 7. The van der Waals surface area contributed by atoms with E-state index < -0.39 is 0 Å². The van der Waals surface area contributed by atoms with Gasteiger partial charge in [0.2, 0.25) is 5.91 Å². The molecule has 0 radical (unpaired) electrons. The molecule has 2 atom stereocenters. The first-order valence-electron chi connectivity index (χ1n) is 11.8. The van der Waals surface area contributed by atoms with E-state index in [4.69, 9.17) is 4.84 Å². The molecule has 2 aromatic rings. The van der Waals surface area contributed by atoms with E-state index in [0.29, 0.717) is 6.42 Å². The summed E-state index contributed by atoms with van der Waals surface area (Å²) in [5.74, 6) is 2.72. The number of aryl methyl sites for hydroxylation is 1. The smallest absolute Gasteiger partial charge is 0.224 e. The van der Waals surface area contributed by atoms with Crippen molar-refractivity contribution in [1.29, 1.82) is 0 Å². The first-order chi connectivity index (χ1) is 14.9. The van der Waals surface area contributed by atoms with Crippen molar-refractivity contribution in [1.82, 2.24) is 0 Å². The summed E-state index contributed by atoms with van der Waals surface area (Å²) in [7, 11) is 1.64. The van der Waals surface area contributed by atoms with E-state index in [0.717, 1.165) is 41.1 Å². The molecule has 0 saturated heterocycles. The molecule has 1 amide bonds. The maximum absolute atomic E-state index is 12.4. The second kappa shape index (κ2) is 9.54. The summed E-state index contributed by atoms with van der Waals surface area (Å²) >= 11 is 0. The maximum Gasteiger partial charge on any atom is 0.224 e. The summed E-state index contributed by atoms with van der Waals surface area (Å²) < 4.78 is 0. The molecule has 2 aliphatic carbocycles. The van der Waals surface area contributed by atoms with Gasteiger partial charge in [-0.15, -0.1) is 0 Å². The zero-order valence-corrected chi connectivity index (χ0v) is 19.2. The lowest BCUT2D eigenvalue weighted by Gasteiger charge is -2.47. The van der Waals surface area contributed by atoms with Gasteiger partial charge in [-0.3, -0.25) is 4.79 Å². The van der Waals surface area contributed by atoms with E-state index in [1.54, 1.807) is 12.6 Å². The van der Waals surface area contributed by atoms with Crippen molar-refractivity contribution in [2.45, 2.75) is 64.2 Å². The van der Waals surface area contributed by atoms with E-state index in [1.807, 2.05) is 24.3 Å². The van der Waals surface area contributed by atoms with E-state index in [2.05, 4.69) is 43.4 Å². The summed E-state index contributed by atoms with van der Waals surface area (Å²) in [5, 5.41) is 3.07. The normalized spacial score (nSPS) is 27.6. The predicted octanol–water partition coefficient (Wildman–Crippen LogP) is 5.12. The molecule has 3 N–H and O–H groups in total. The fraction of sp³-hybridized carbons (Fsp3) is 0.519. The van der Waals surface area contributed by atoms with Gasteiger partial charge in [-0.1, -0.05) is 38.1 Å². The minimum absolute atomic E-state index is 0.0627. The van der Waals surface area contributed by atoms with Crippen LogP contribution in [0.25, 0.3) is 0 Å². The zero-order valence-electron chi connectivity index (χ0n) is 19.2. The Hall–Kier alpha value is -2.17. The van der Waals surface area contributed by atoms with Crippen molar-refractivity contribution in [3.05, 3.63) is 59.7 Å². The number of benzene rings is 2. The Balaban J connectivity index is 1.30. The minimum atomic E-state index is 0.0627. The van der Waals surface area contributed by atoms with Gasteiger partial charge >= 0.3 is 0 Å². The molecular weight excluding hydrogens is 384 g/mol. The molecule has 4 nitrogen and oxygen atoms in total. The van der Waals surface area contributed by atoms with E-state index in [-0.39, 0.29) is 11.3 Å². The second-order valence-electron chi connectivity index (χ2n) is 10.2. The molecule has 2 aromatic carbocycles. The average Bonchev–Trinajstić information content (AvgIpc) is 2.73. The first kappa shape index (κ1) is 22.0. The molecule has 4 heteroatoms. The van der Waals surface area contributed by atoms with Crippen molar-refractivity contribution < 1.29 is 15.1 Å². The summed E-state index contributed by atoms with van der Waals surface area (Å²) in [4.78, 5) is 17.5. The molecule has 31 heavy (non-hydrogen) atoms. The highest BCUT2D eigenvalue weighted by atomic mass is 16.6. The Labute approximate surface area is 186 Å². The Kier molecular flexibility index (Phi) is 6.78. The molecule has 0 aromatic heterocycles. The highest BCUT2D eigenvalue weighted by Crippen LogP contribution is 2.51. The second-order valence-corrected chi connectivity index (χ2v) is 10.2. The number of hydrogen-bond donors (Lipinski definition) is 2. The number of carbonyl (C=O) groups excluding carboxylic acids is 1. The molecule has 2 fully saturated rings. The van der Waals surface area contributed by atoms with Crippen LogP contribution in [0.1, 0.15) is 63.5 Å². The standard InChI is InChI=1S/C27H36N2O2/c1-19-14-21-16-22(15-19)18-27(2,17-21)23-7-11-24(12-8-23)28-26(30)13-6-20-4-9-25(10-5-20)29-31-3/h4-5,7-12,19,21-22,29H,6,13-18H2,1-3H3,(H,28,30)/p+1. The Morgan fingerprint density at radius 3 is 2.29 bits per heavy atom. The number of nitrogens with one attached hydrogen (secondary N) is 1. The third-order valence-corrected chi connectivity index (χ3v) is 7.36. The van der Waals surface area contributed by atoms with Gasteiger partial charge in [0.25, 0.3) is 0 Å². The number of amides is 1. The van der Waals surface area contributed by atoms with Crippen molar-refractivity contribution >= 4 is 17.3 Å². The molecule has 2 bridgehead atoms. The van der Waals surface area contributed by atoms with Gasteiger partial charge in [0, 0.05) is 24.2 Å². The van der Waals surface area contributed by atoms with Gasteiger partial charge in [-0.25, -0.2) is 4.84 Å². The van der Waals surface area contributed by atoms with Crippen LogP contribution in [-0.2, 0) is 21.5 Å². The van der Waals surface area contributed by atoms with E-state index >= 15 is 0 Å². The van der Waals surface area contributed by atoms with Crippen molar-refractivity contribution in [3.8, 4) is 0 Å². The first-order valence-corrected chi connectivity index (χ1v) is 11.8. The average molecular weight is 422 g/mol. The van der Waals surface area contributed by atoms with Crippen LogP contribution in [0, 0.1) is 17.8 Å². The van der Waals surface area contributed by atoms with Crippen LogP contribution in [0.3, 0.4) is 0 Å². The minimum Gasteiger partial charge on any atom is -0.326 e. The quantitative estimate of drug-likeness (QED) is 0.482. The molecule has 0 heterocycles. The van der Waals surface area contributed by atoms with Gasteiger partial charge in [0.05, 0.1) is 7.11 Å². The lowest BCUT2D eigenvalue weighted by molar-refractivity contribution is -0.830. The SMILES string of the molecule is CO[NH2+]c1ccc(CCC(=O)Nc2ccc(C3(C)CC4CC(C)CC(C4)C3)cc2)cc1. The summed E-state index contributed by atoms with van der Waals surface area (Å²) in [6.07, 6.45) is 8.05. The van der Waals surface area contributed by atoms with Crippen molar-refractivity contribution in [2.24, 2.45) is 17.8 Å². The van der Waals surface area contributed by atoms with E-state index in [9.17, 15) is 4.79 Å². The van der Waals surface area contributed by atoms with Gasteiger partial charge < -0.3 is 5.32 Å². The van der Waals surface area contributed by atoms with Crippen LogP contribution in [0.15, 0.2) is 48.5 Å². The topological polar surface area (TPSA) is 54.9 Å². The summed E-state index contributed by atoms with van der Waals surface area (Å²) in [6.45, 7) is 4.87. The highest BCUT2D eigenvalue weighted by Gasteiger charge is 2.41. The van der Waals surface area contributed by atoms with Crippen LogP contribution in [0.2, 0.25) is 0 Å². The molecular formula is C27H37N2O2+. The number of quaternary nitrogens is 1. The highest BCUT2D eigenvalue weighted by molar-refractivity contribution is 5.90. The molecule has 2 aliphatic rings. The third kappa shape index (κ3) is 5.55. The molecule has 0 spiro atoms. The summed E-state index contributed by atoms with van der Waals surface area (Å²) in [5.41, 5.74) is 6.50. The van der Waals surface area contributed by atoms with Crippen LogP contribution < -0.4 is 10.8 Å². The van der Waals surface area contributed by atoms with Gasteiger partial charge in [-0.2, -0.15) is 5.48 Å². The lowest BCUT2D eigenvalue weighted by Crippen LogP contribution is -2.75. The van der Waals surface area contributed by atoms with Crippen molar-refractivity contribution in [2.75, 3.05) is 12.4 Å². The monoisotopic (exact) mass is 421 g/mol. The number of anilines is 1. The zero-order chi connectivity index (χ0) is 21.8. The van der Waals surface area contributed by atoms with Gasteiger partial charge in [0.1, 0.15) is 0 Å². The van der Waals surface area contributed by atoms with Crippen LogP contribution in [-0.4, -0.2) is 13.0 Å². The third-order valence-electron chi connectivity index (χ3n) is 7.36. The molecule has 166 valence electrons. The Morgan fingerprint density at radius 2 is 1.68 bits per heavy atom. The molecule has 2 saturated carbocycles. The Morgan fingerprint density at radius 1 is 1.03 bits per heavy atom. The van der Waals surface area contributed by atoms with E-state index in [1.165, 1.54) is 37.7 Å². The van der Waals surface area contributed by atoms with Crippen LogP contribution >= 0.6 is 0 Å². The van der Waals surface area contributed by atoms with Crippen LogP contribution in [0.4, 0.5) is 11.4 Å². The molecule has 0 aliphatic heterocycles. The Bertz CT molecular complexity index is 857. The van der Waals surface area contributed by atoms with Gasteiger partial charge in [0.15, 0.2) is 5.69 Å². The molecule has 4 rings (SSSR count). The fourth-order valence-electron chi connectivity index (χ4n) is 6.16. The van der Waals surface area contributed by atoms with Gasteiger partial charge in [-0.05, 0) is 85.0 Å². The predicted molar refractivity (Wildman–Crippen MR) is 125 cm³/mol. The lowest BCUT2D eigenvalue weighted by atomic mass is 9.57. The number of fused-ring (bicyclic) bond motifs is 2.